The van der Waals surface area contributed by atoms with Crippen LogP contribution in [0.2, 0.25) is 0 Å². The molecule has 3 aromatic carbocycles. The second kappa shape index (κ2) is 19.5. The number of benzene rings is 3. The maximum absolute atomic E-state index is 4.64. The van der Waals surface area contributed by atoms with Crippen LogP contribution in [0.5, 0.6) is 0 Å². The first-order chi connectivity index (χ1) is 30.4. The van der Waals surface area contributed by atoms with Crippen molar-refractivity contribution in [3.05, 3.63) is 156 Å². The molecule has 4 heteroatoms. The summed E-state index contributed by atoms with van der Waals surface area (Å²) >= 11 is 1.88. The van der Waals surface area contributed by atoms with E-state index in [1.54, 1.807) is 0 Å². The molecule has 2 nitrogen and oxygen atoms in total. The van der Waals surface area contributed by atoms with Gasteiger partial charge in [0.15, 0.2) is 7.28 Å². The molecule has 1 N–H and O–H groups in total. The molecular weight excluding hydrogens is 804 g/mol. The molecule has 345 valence electrons. The number of allylic oxidation sites excluding steroid dienone is 4. The quantitative estimate of drug-likeness (QED) is 0.0703. The minimum Gasteiger partial charge on any atom is -0.385 e. The molecule has 0 saturated heterocycles. The van der Waals surface area contributed by atoms with Gasteiger partial charge in [-0.05, 0) is 148 Å². The summed E-state index contributed by atoms with van der Waals surface area (Å²) in [6, 6.07) is 21.1. The lowest BCUT2D eigenvalue weighted by molar-refractivity contribution is 0.242. The number of fused-ring (bicyclic) bond motifs is 5. The Morgan fingerprint density at radius 1 is 0.800 bits per heavy atom. The van der Waals surface area contributed by atoms with Crippen molar-refractivity contribution < 1.29 is 0 Å². The summed E-state index contributed by atoms with van der Waals surface area (Å²) in [4.78, 5) is 2.50. The zero-order chi connectivity index (χ0) is 47.6. The maximum atomic E-state index is 4.64. The van der Waals surface area contributed by atoms with E-state index in [9.17, 15) is 0 Å². The molecule has 1 aromatic heterocycles. The van der Waals surface area contributed by atoms with Crippen molar-refractivity contribution in [1.29, 1.82) is 0 Å². The summed E-state index contributed by atoms with van der Waals surface area (Å²) in [6.07, 6.45) is 22.7. The fourth-order valence-corrected chi connectivity index (χ4v) is 11.0. The maximum Gasteiger partial charge on any atom is 0.185 e. The number of rotatable bonds is 20. The summed E-state index contributed by atoms with van der Waals surface area (Å²) in [5.74, 6) is 2.41. The molecule has 6 rings (SSSR count). The predicted molar refractivity (Wildman–Crippen MR) is 291 cm³/mol. The van der Waals surface area contributed by atoms with Crippen LogP contribution in [0, 0.1) is 16.2 Å². The van der Waals surface area contributed by atoms with Crippen molar-refractivity contribution in [3.8, 4) is 11.1 Å². The van der Waals surface area contributed by atoms with Crippen LogP contribution in [0.4, 0.5) is 5.69 Å². The fraction of sp³-hybridized carbons (Fsp3) is 0.475. The summed E-state index contributed by atoms with van der Waals surface area (Å²) in [6.45, 7) is 43.7. The highest BCUT2D eigenvalue weighted by Gasteiger charge is 2.39. The molecule has 4 aromatic rings. The van der Waals surface area contributed by atoms with E-state index < -0.39 is 0 Å². The van der Waals surface area contributed by atoms with Crippen molar-refractivity contribution in [3.63, 3.8) is 0 Å². The number of nitrogens with zero attached hydrogens (tertiary/aromatic N) is 1. The standard InChI is InChI=1S/C61H82BN2S/c1-17-23-44(63-37-22-32-58(9,10)34-33-57(7,8)31-18-2)30-38-64(53-27-21-26-49-55(53)46-24-19-20-25-48(46)61(49,15)16)45(29-28-43(3)56(4,5)6)41-62-52-42-65-54-40-51-50(39-47(52)54)59(11,12)35-36-60(51,13)14/h17-22,24-27,30,37-42,44,63H,1-3,23,28-29,31-36H2,4-16H3/b37-22+,38-30+,45-41-. The Morgan fingerprint density at radius 3 is 2.11 bits per heavy atom. The normalized spacial score (nSPS) is 17.2. The summed E-state index contributed by atoms with van der Waals surface area (Å²) in [5, 5.41) is 7.51. The minimum absolute atomic E-state index is 0.0113. The second-order valence-electron chi connectivity index (χ2n) is 23.8. The Labute approximate surface area is 401 Å². The highest BCUT2D eigenvalue weighted by atomic mass is 32.1. The summed E-state index contributed by atoms with van der Waals surface area (Å²) < 4.78 is 1.37. The van der Waals surface area contributed by atoms with Crippen LogP contribution in [0.1, 0.15) is 170 Å². The zero-order valence-electron chi connectivity index (χ0n) is 42.8. The van der Waals surface area contributed by atoms with E-state index in [2.05, 4.69) is 224 Å². The molecule has 0 spiro atoms. The molecule has 65 heavy (non-hydrogen) atoms. The monoisotopic (exact) mass is 886 g/mol. The molecule has 2 aliphatic carbocycles. The van der Waals surface area contributed by atoms with Crippen LogP contribution in [-0.2, 0) is 16.2 Å². The first kappa shape index (κ1) is 50.1. The summed E-state index contributed by atoms with van der Waals surface area (Å²) in [7, 11) is 2.39. The lowest BCUT2D eigenvalue weighted by Gasteiger charge is -2.42. The van der Waals surface area contributed by atoms with Gasteiger partial charge in [0.25, 0.3) is 0 Å². The number of hydrogen-bond acceptors (Lipinski definition) is 3. The Morgan fingerprint density at radius 2 is 1.45 bits per heavy atom. The average molecular weight is 886 g/mol. The van der Waals surface area contributed by atoms with Crippen LogP contribution < -0.4 is 15.7 Å². The Kier molecular flexibility index (Phi) is 15.1. The Hall–Kier alpha value is -4.28. The van der Waals surface area contributed by atoms with Crippen LogP contribution in [0.25, 0.3) is 21.2 Å². The first-order valence-electron chi connectivity index (χ1n) is 24.5. The first-order valence-corrected chi connectivity index (χ1v) is 25.4. The molecular formula is C61H82BN2S. The molecule has 0 amide bonds. The van der Waals surface area contributed by atoms with Gasteiger partial charge < -0.3 is 10.2 Å². The molecule has 1 radical (unpaired) electrons. The van der Waals surface area contributed by atoms with Gasteiger partial charge in [-0.1, -0.05) is 174 Å². The van der Waals surface area contributed by atoms with Gasteiger partial charge in [0.2, 0.25) is 0 Å². The van der Waals surface area contributed by atoms with Gasteiger partial charge in [-0.2, -0.15) is 0 Å². The molecule has 1 heterocycles. The van der Waals surface area contributed by atoms with E-state index in [0.717, 1.165) is 32.1 Å². The van der Waals surface area contributed by atoms with E-state index >= 15 is 0 Å². The van der Waals surface area contributed by atoms with Crippen molar-refractivity contribution in [2.24, 2.45) is 16.2 Å². The predicted octanol–water partition coefficient (Wildman–Crippen LogP) is 17.0. The molecule has 0 fully saturated rings. The number of hydrogen-bond donors (Lipinski definition) is 1. The Bertz CT molecular complexity index is 2450. The van der Waals surface area contributed by atoms with Gasteiger partial charge in [0, 0.05) is 33.6 Å². The van der Waals surface area contributed by atoms with Gasteiger partial charge in [0.05, 0.1) is 5.69 Å². The van der Waals surface area contributed by atoms with E-state index in [1.165, 1.54) is 91.6 Å². The van der Waals surface area contributed by atoms with E-state index in [0.29, 0.717) is 0 Å². The topological polar surface area (TPSA) is 15.3 Å². The van der Waals surface area contributed by atoms with E-state index in [1.807, 2.05) is 17.4 Å². The highest BCUT2D eigenvalue weighted by molar-refractivity contribution is 7.18. The molecule has 1 unspecified atom stereocenters. The molecule has 0 bridgehead atoms. The molecule has 0 saturated carbocycles. The van der Waals surface area contributed by atoms with E-state index in [4.69, 9.17) is 0 Å². The van der Waals surface area contributed by atoms with Crippen molar-refractivity contribution in [1.82, 2.24) is 5.32 Å². The van der Waals surface area contributed by atoms with Gasteiger partial charge >= 0.3 is 0 Å². The van der Waals surface area contributed by atoms with Crippen LogP contribution >= 0.6 is 11.3 Å². The van der Waals surface area contributed by atoms with Crippen LogP contribution in [0.15, 0.2) is 134 Å². The molecule has 2 aliphatic rings. The lowest BCUT2D eigenvalue weighted by Crippen LogP contribution is -2.33. The van der Waals surface area contributed by atoms with Crippen molar-refractivity contribution >= 4 is 39.9 Å². The third-order valence-electron chi connectivity index (χ3n) is 15.1. The van der Waals surface area contributed by atoms with E-state index in [-0.39, 0.29) is 38.5 Å². The highest BCUT2D eigenvalue weighted by Crippen LogP contribution is 2.53. The second-order valence-corrected chi connectivity index (χ2v) is 24.7. The third kappa shape index (κ3) is 11.5. The smallest absolute Gasteiger partial charge is 0.185 e. The zero-order valence-corrected chi connectivity index (χ0v) is 43.6. The third-order valence-corrected chi connectivity index (χ3v) is 16.1. The van der Waals surface area contributed by atoms with Gasteiger partial charge in [-0.15, -0.1) is 24.5 Å². The molecule has 0 aliphatic heterocycles. The average Bonchev–Trinajstić information content (AvgIpc) is 3.75. The summed E-state index contributed by atoms with van der Waals surface area (Å²) in [5.41, 5.74) is 14.1. The van der Waals surface area contributed by atoms with Crippen molar-refractivity contribution in [2.75, 3.05) is 4.90 Å². The number of nitrogens with one attached hydrogen (secondary N) is 1. The fourth-order valence-electron chi connectivity index (χ4n) is 10.0. The van der Waals surface area contributed by atoms with Gasteiger partial charge in [0.1, 0.15) is 0 Å². The number of thiophene rings is 1. The minimum atomic E-state index is -0.113. The molecule has 1 atom stereocenters. The number of anilines is 1. The van der Waals surface area contributed by atoms with Gasteiger partial charge in [-0.3, -0.25) is 0 Å². The van der Waals surface area contributed by atoms with Crippen LogP contribution in [0.3, 0.4) is 0 Å². The Balaban J connectivity index is 1.42. The van der Waals surface area contributed by atoms with Gasteiger partial charge in [-0.25, -0.2) is 0 Å². The SMILES string of the molecule is C=CCC(/C=C/N(/C(=C\[B]c1csc2cc3c(cc12)C(C)(C)CCC3(C)C)CCC(=C)C(C)(C)C)c1cccc2c1-c1ccccc1C2(C)C)N/C=C/CC(C)(C)CCC(C)(C)CC=C. The largest absolute Gasteiger partial charge is 0.385 e. The van der Waals surface area contributed by atoms with Crippen LogP contribution in [-0.4, -0.2) is 13.3 Å². The lowest BCUT2D eigenvalue weighted by atomic mass is 9.62. The van der Waals surface area contributed by atoms with Crippen molar-refractivity contribution in [2.45, 2.75) is 170 Å².